The third-order valence-corrected chi connectivity index (χ3v) is 2.62. The smallest absolute Gasteiger partial charge is 0.348 e. The number of methoxy groups -OCH3 is 1. The van der Waals surface area contributed by atoms with Gasteiger partial charge in [0, 0.05) is 17.1 Å². The highest BCUT2D eigenvalue weighted by Gasteiger charge is 2.12. The maximum absolute atomic E-state index is 13.6. The minimum atomic E-state index is -0.804. The van der Waals surface area contributed by atoms with Crippen LogP contribution in [0.1, 0.15) is 5.56 Å². The molecule has 0 saturated carbocycles. The zero-order valence-corrected chi connectivity index (χ0v) is 11.7. The number of benzene rings is 1. The summed E-state index contributed by atoms with van der Waals surface area (Å²) in [6.45, 7) is 0.272. The first-order chi connectivity index (χ1) is 9.08. The van der Waals surface area contributed by atoms with E-state index in [0.29, 0.717) is 4.47 Å². The molecule has 0 fully saturated rings. The van der Waals surface area contributed by atoms with E-state index >= 15 is 0 Å². The molecule has 0 bridgehead atoms. The summed E-state index contributed by atoms with van der Waals surface area (Å²) in [6.07, 6.45) is 1.15. The molecule has 0 saturated heterocycles. The van der Waals surface area contributed by atoms with Crippen LogP contribution in [0.25, 0.3) is 6.08 Å². The number of rotatable bonds is 5. The molecule has 0 atom stereocenters. The largest absolute Gasteiger partial charge is 0.459 e. The molecule has 0 radical (unpaired) electrons. The highest BCUT2D eigenvalue weighted by atomic mass is 79.9. The summed E-state index contributed by atoms with van der Waals surface area (Å²) in [5.74, 6) is -1.34. The number of nitrogens with zero attached hydrogens (tertiary/aromatic N) is 1. The van der Waals surface area contributed by atoms with Gasteiger partial charge in [-0.1, -0.05) is 22.0 Å². The third-order valence-electron chi connectivity index (χ3n) is 2.12. The first kappa shape index (κ1) is 15.3. The fourth-order valence-electron chi connectivity index (χ4n) is 1.21. The van der Waals surface area contributed by atoms with Gasteiger partial charge in [0.2, 0.25) is 0 Å². The maximum Gasteiger partial charge on any atom is 0.348 e. The molecular formula is C13H11BrFNO3. The normalized spacial score (nSPS) is 10.9. The van der Waals surface area contributed by atoms with E-state index in [1.54, 1.807) is 12.1 Å². The SMILES string of the molecule is COCCOC(=O)/C(C#N)=C/c1ccc(Br)cc1F. The second-order valence-corrected chi connectivity index (χ2v) is 4.38. The quantitative estimate of drug-likeness (QED) is 0.361. The lowest BCUT2D eigenvalue weighted by molar-refractivity contribution is -0.139. The van der Waals surface area contributed by atoms with E-state index in [4.69, 9.17) is 14.7 Å². The summed E-state index contributed by atoms with van der Waals surface area (Å²) in [5, 5.41) is 8.88. The fraction of sp³-hybridized carbons (Fsp3) is 0.231. The van der Waals surface area contributed by atoms with Crippen molar-refractivity contribution in [3.63, 3.8) is 0 Å². The lowest BCUT2D eigenvalue weighted by Crippen LogP contribution is -2.11. The molecule has 0 N–H and O–H groups in total. The Morgan fingerprint density at radius 2 is 2.26 bits per heavy atom. The van der Waals surface area contributed by atoms with Crippen molar-refractivity contribution in [1.82, 2.24) is 0 Å². The van der Waals surface area contributed by atoms with Crippen LogP contribution in [-0.2, 0) is 14.3 Å². The molecule has 1 rings (SSSR count). The van der Waals surface area contributed by atoms with Crippen LogP contribution >= 0.6 is 15.9 Å². The van der Waals surface area contributed by atoms with Crippen LogP contribution in [0.15, 0.2) is 28.2 Å². The van der Waals surface area contributed by atoms with E-state index in [1.165, 1.54) is 19.2 Å². The summed E-state index contributed by atoms with van der Waals surface area (Å²) in [4.78, 5) is 11.5. The predicted octanol–water partition coefficient (Wildman–Crippen LogP) is 2.68. The molecule has 0 unspecified atom stereocenters. The fourth-order valence-corrected chi connectivity index (χ4v) is 1.54. The van der Waals surface area contributed by atoms with Gasteiger partial charge in [0.05, 0.1) is 6.61 Å². The minimum absolute atomic E-state index is 0.0389. The summed E-state index contributed by atoms with van der Waals surface area (Å²) in [6, 6.07) is 6.00. The van der Waals surface area contributed by atoms with Crippen molar-refractivity contribution in [3.05, 3.63) is 39.6 Å². The van der Waals surface area contributed by atoms with Crippen LogP contribution < -0.4 is 0 Å². The van der Waals surface area contributed by atoms with E-state index in [-0.39, 0.29) is 24.4 Å². The van der Waals surface area contributed by atoms with Crippen LogP contribution in [0.5, 0.6) is 0 Å². The van der Waals surface area contributed by atoms with Gasteiger partial charge in [-0.2, -0.15) is 5.26 Å². The molecule has 0 aliphatic rings. The Morgan fingerprint density at radius 3 is 2.84 bits per heavy atom. The number of esters is 1. The average Bonchev–Trinajstić information content (AvgIpc) is 2.38. The molecule has 6 heteroatoms. The first-order valence-electron chi connectivity index (χ1n) is 5.31. The van der Waals surface area contributed by atoms with Crippen molar-refractivity contribution < 1.29 is 18.7 Å². The van der Waals surface area contributed by atoms with Gasteiger partial charge in [0.25, 0.3) is 0 Å². The molecule has 0 aromatic heterocycles. The lowest BCUT2D eigenvalue weighted by atomic mass is 10.1. The van der Waals surface area contributed by atoms with Gasteiger partial charge in [-0.15, -0.1) is 0 Å². The van der Waals surface area contributed by atoms with Gasteiger partial charge in [-0.05, 0) is 18.2 Å². The second-order valence-electron chi connectivity index (χ2n) is 3.46. The van der Waals surface area contributed by atoms with Crippen molar-refractivity contribution >= 4 is 28.0 Å². The summed E-state index contributed by atoms with van der Waals surface area (Å²) < 4.78 is 23.6. The molecule has 4 nitrogen and oxygen atoms in total. The Labute approximate surface area is 118 Å². The maximum atomic E-state index is 13.6. The van der Waals surface area contributed by atoms with Gasteiger partial charge in [-0.25, -0.2) is 9.18 Å². The molecule has 1 aromatic rings. The Kier molecular flexibility index (Phi) is 6.19. The molecule has 19 heavy (non-hydrogen) atoms. The van der Waals surface area contributed by atoms with Gasteiger partial charge in [0.15, 0.2) is 0 Å². The van der Waals surface area contributed by atoms with Crippen molar-refractivity contribution in [2.24, 2.45) is 0 Å². The number of hydrogen-bond donors (Lipinski definition) is 0. The molecule has 100 valence electrons. The highest BCUT2D eigenvalue weighted by molar-refractivity contribution is 9.10. The molecule has 0 aliphatic heterocycles. The van der Waals surface area contributed by atoms with Crippen LogP contribution in [0, 0.1) is 17.1 Å². The van der Waals surface area contributed by atoms with Gasteiger partial charge in [0.1, 0.15) is 24.1 Å². The van der Waals surface area contributed by atoms with Crippen molar-refractivity contribution in [3.8, 4) is 6.07 Å². The zero-order valence-electron chi connectivity index (χ0n) is 10.2. The van der Waals surface area contributed by atoms with Crippen LogP contribution in [-0.4, -0.2) is 26.3 Å². The molecule has 0 amide bonds. The van der Waals surface area contributed by atoms with E-state index < -0.39 is 11.8 Å². The number of carbonyl (C=O) groups is 1. The molecular weight excluding hydrogens is 317 g/mol. The average molecular weight is 328 g/mol. The van der Waals surface area contributed by atoms with Crippen LogP contribution in [0.3, 0.4) is 0 Å². The number of halogens is 2. The molecule has 1 aromatic carbocycles. The van der Waals surface area contributed by atoms with Crippen molar-refractivity contribution in [2.45, 2.75) is 0 Å². The second kappa shape index (κ2) is 7.67. The zero-order chi connectivity index (χ0) is 14.3. The monoisotopic (exact) mass is 327 g/mol. The van der Waals surface area contributed by atoms with Crippen LogP contribution in [0.2, 0.25) is 0 Å². The van der Waals surface area contributed by atoms with E-state index in [0.717, 1.165) is 6.08 Å². The topological polar surface area (TPSA) is 59.3 Å². The number of hydrogen-bond acceptors (Lipinski definition) is 4. The highest BCUT2D eigenvalue weighted by Crippen LogP contribution is 2.18. The first-order valence-corrected chi connectivity index (χ1v) is 6.10. The molecule has 0 heterocycles. The molecule has 0 aliphatic carbocycles. The number of ether oxygens (including phenoxy) is 2. The Balaban J connectivity index is 2.87. The standard InChI is InChI=1S/C13H11BrFNO3/c1-18-4-5-19-13(17)10(8-16)6-9-2-3-11(14)7-12(9)15/h2-3,6-7H,4-5H2,1H3/b10-6+. The Hall–Kier alpha value is -1.71. The van der Waals surface area contributed by atoms with Gasteiger partial charge >= 0.3 is 5.97 Å². The summed E-state index contributed by atoms with van der Waals surface area (Å²) in [7, 11) is 1.46. The summed E-state index contributed by atoms with van der Waals surface area (Å²) >= 11 is 3.12. The Bertz CT molecular complexity index is 537. The van der Waals surface area contributed by atoms with E-state index in [2.05, 4.69) is 15.9 Å². The minimum Gasteiger partial charge on any atom is -0.459 e. The van der Waals surface area contributed by atoms with Crippen molar-refractivity contribution in [1.29, 1.82) is 5.26 Å². The number of carbonyl (C=O) groups excluding carboxylic acids is 1. The van der Waals surface area contributed by atoms with Gasteiger partial charge < -0.3 is 9.47 Å². The lowest BCUT2D eigenvalue weighted by Gasteiger charge is -2.03. The number of nitriles is 1. The third kappa shape index (κ3) is 4.81. The van der Waals surface area contributed by atoms with E-state index in [9.17, 15) is 9.18 Å². The van der Waals surface area contributed by atoms with Gasteiger partial charge in [-0.3, -0.25) is 0 Å². The Morgan fingerprint density at radius 1 is 1.53 bits per heavy atom. The summed E-state index contributed by atoms with van der Waals surface area (Å²) in [5.41, 5.74) is -0.124. The molecule has 0 spiro atoms. The predicted molar refractivity (Wildman–Crippen MR) is 70.5 cm³/mol. The van der Waals surface area contributed by atoms with Crippen LogP contribution in [0.4, 0.5) is 4.39 Å². The van der Waals surface area contributed by atoms with Crippen molar-refractivity contribution in [2.75, 3.05) is 20.3 Å². The van der Waals surface area contributed by atoms with E-state index in [1.807, 2.05) is 0 Å².